The van der Waals surface area contributed by atoms with Crippen molar-refractivity contribution < 1.29 is 18.7 Å². The molecule has 2 unspecified atom stereocenters. The highest BCUT2D eigenvalue weighted by atomic mass is 19.1. The van der Waals surface area contributed by atoms with Gasteiger partial charge in [-0.2, -0.15) is 0 Å². The summed E-state index contributed by atoms with van der Waals surface area (Å²) in [6, 6.07) is 15.8. The number of aliphatic imine (C=N–C) groups is 1. The van der Waals surface area contributed by atoms with Gasteiger partial charge in [0.05, 0.1) is 35.7 Å². The Morgan fingerprint density at radius 3 is 2.58 bits per heavy atom. The van der Waals surface area contributed by atoms with Crippen LogP contribution in [0.1, 0.15) is 23.3 Å². The molecule has 1 aliphatic heterocycles. The molecule has 0 radical (unpaired) electrons. The first-order chi connectivity index (χ1) is 16.0. The summed E-state index contributed by atoms with van der Waals surface area (Å²) in [5, 5.41) is 13.3. The molecule has 0 saturated carbocycles. The van der Waals surface area contributed by atoms with Crippen molar-refractivity contribution in [2.24, 2.45) is 4.99 Å². The molecule has 7 nitrogen and oxygen atoms in total. The second-order valence-corrected chi connectivity index (χ2v) is 7.65. The number of benzene rings is 3. The lowest BCUT2D eigenvalue weighted by Gasteiger charge is -2.19. The lowest BCUT2D eigenvalue weighted by molar-refractivity contribution is 0.187. The van der Waals surface area contributed by atoms with Crippen LogP contribution in [0.5, 0.6) is 0 Å². The van der Waals surface area contributed by atoms with Gasteiger partial charge in [-0.1, -0.05) is 30.3 Å². The molecule has 3 aromatic carbocycles. The number of aromatic amines is 1. The largest absolute Gasteiger partial charge is 0.386 e. The van der Waals surface area contributed by atoms with Crippen LogP contribution in [0.25, 0.3) is 11.0 Å². The van der Waals surface area contributed by atoms with Crippen molar-refractivity contribution in [2.45, 2.75) is 12.1 Å². The lowest BCUT2D eigenvalue weighted by Crippen LogP contribution is -2.31. The molecule has 166 valence electrons. The van der Waals surface area contributed by atoms with Gasteiger partial charge in [0.15, 0.2) is 0 Å². The lowest BCUT2D eigenvalue weighted by atomic mass is 10.1. The molecule has 0 bridgehead atoms. The van der Waals surface area contributed by atoms with Crippen molar-refractivity contribution in [3.8, 4) is 0 Å². The van der Waals surface area contributed by atoms with Crippen molar-refractivity contribution >= 4 is 28.6 Å². The van der Waals surface area contributed by atoms with Crippen molar-refractivity contribution in [3.63, 3.8) is 0 Å². The minimum atomic E-state index is -0.921. The third kappa shape index (κ3) is 4.06. The third-order valence-corrected chi connectivity index (χ3v) is 5.45. The van der Waals surface area contributed by atoms with Crippen LogP contribution in [-0.2, 0) is 0 Å². The Morgan fingerprint density at radius 1 is 1.06 bits per heavy atom. The number of fused-ring (bicyclic) bond motifs is 1. The first kappa shape index (κ1) is 20.8. The highest BCUT2D eigenvalue weighted by Crippen LogP contribution is 2.31. The fraction of sp³-hybridized carbons (Fsp3) is 0.125. The van der Waals surface area contributed by atoms with Gasteiger partial charge in [0.1, 0.15) is 23.5 Å². The summed E-state index contributed by atoms with van der Waals surface area (Å²) in [7, 11) is 0. The van der Waals surface area contributed by atoms with E-state index in [0.717, 1.165) is 23.7 Å². The van der Waals surface area contributed by atoms with Gasteiger partial charge >= 0.3 is 6.03 Å². The van der Waals surface area contributed by atoms with Gasteiger partial charge in [0, 0.05) is 6.07 Å². The smallest absolute Gasteiger partial charge is 0.328 e. The number of H-pyrrole nitrogens is 1. The predicted molar refractivity (Wildman–Crippen MR) is 120 cm³/mol. The zero-order valence-electron chi connectivity index (χ0n) is 17.2. The molecule has 33 heavy (non-hydrogen) atoms. The predicted octanol–water partition coefficient (Wildman–Crippen LogP) is 4.24. The molecule has 0 aliphatic carbocycles. The Morgan fingerprint density at radius 2 is 1.82 bits per heavy atom. The van der Waals surface area contributed by atoms with E-state index < -0.39 is 29.8 Å². The van der Waals surface area contributed by atoms with E-state index >= 15 is 0 Å². The first-order valence-electron chi connectivity index (χ1n) is 10.3. The number of nitrogens with zero attached hydrogens (tertiary/aromatic N) is 3. The van der Waals surface area contributed by atoms with E-state index in [-0.39, 0.29) is 17.9 Å². The highest BCUT2D eigenvalue weighted by Gasteiger charge is 2.38. The summed E-state index contributed by atoms with van der Waals surface area (Å²) in [5.74, 6) is -1.31. The Bertz CT molecular complexity index is 1340. The number of imidazole rings is 1. The number of carbonyl (C=O) groups excluding carboxylic acids is 1. The number of nitrogens with one attached hydrogen (secondary N) is 2. The maximum atomic E-state index is 13.9. The van der Waals surface area contributed by atoms with Gasteiger partial charge < -0.3 is 15.4 Å². The number of carbonyl (C=O) groups is 1. The summed E-state index contributed by atoms with van der Waals surface area (Å²) in [6.07, 6.45) is 0.622. The molecule has 2 atom stereocenters. The Labute approximate surface area is 187 Å². The van der Waals surface area contributed by atoms with E-state index in [4.69, 9.17) is 0 Å². The van der Waals surface area contributed by atoms with Gasteiger partial charge in [-0.25, -0.2) is 23.5 Å². The van der Waals surface area contributed by atoms with Crippen molar-refractivity contribution in [2.75, 3.05) is 11.4 Å². The van der Waals surface area contributed by atoms with Crippen LogP contribution in [0.4, 0.5) is 19.3 Å². The molecule has 2 heterocycles. The van der Waals surface area contributed by atoms with Gasteiger partial charge in [0.25, 0.3) is 0 Å². The maximum Gasteiger partial charge on any atom is 0.328 e. The minimum Gasteiger partial charge on any atom is -0.386 e. The molecule has 3 N–H and O–H groups in total. The number of anilines is 1. The maximum absolute atomic E-state index is 13.9. The molecule has 1 aromatic heterocycles. The van der Waals surface area contributed by atoms with E-state index in [2.05, 4.69) is 20.3 Å². The zero-order chi connectivity index (χ0) is 22.9. The molecule has 2 amide bonds. The summed E-state index contributed by atoms with van der Waals surface area (Å²) in [6.45, 7) is -0.0518. The second-order valence-electron chi connectivity index (χ2n) is 7.65. The molecule has 9 heteroatoms. The van der Waals surface area contributed by atoms with Crippen molar-refractivity contribution in [1.29, 1.82) is 0 Å². The summed E-state index contributed by atoms with van der Waals surface area (Å²) >= 11 is 0. The SMILES string of the molecule is O=C1NC(c2cc(F)cc(F)c2)/C(=N\CC(O)c2ccccc2)N1c1ccc2[nH]cnc2c1. The number of amidine groups is 1. The van der Waals surface area contributed by atoms with Gasteiger partial charge in [-0.05, 0) is 41.5 Å². The Balaban J connectivity index is 1.56. The second kappa shape index (κ2) is 8.44. The van der Waals surface area contributed by atoms with E-state index in [9.17, 15) is 18.7 Å². The third-order valence-electron chi connectivity index (χ3n) is 5.45. The fourth-order valence-electron chi connectivity index (χ4n) is 3.89. The van der Waals surface area contributed by atoms with Gasteiger partial charge in [-0.3, -0.25) is 4.99 Å². The molecule has 0 spiro atoms. The minimum absolute atomic E-state index is 0.0518. The molecule has 4 aromatic rings. The first-order valence-corrected chi connectivity index (χ1v) is 10.3. The number of rotatable bonds is 5. The Hall–Kier alpha value is -4.11. The van der Waals surface area contributed by atoms with Gasteiger partial charge in [0.2, 0.25) is 0 Å². The van der Waals surface area contributed by atoms with Crippen LogP contribution in [0, 0.1) is 11.6 Å². The highest BCUT2D eigenvalue weighted by molar-refractivity contribution is 6.24. The summed E-state index contributed by atoms with van der Waals surface area (Å²) < 4.78 is 27.9. The topological polar surface area (TPSA) is 93.6 Å². The number of hydrogen-bond acceptors (Lipinski definition) is 4. The van der Waals surface area contributed by atoms with E-state index in [1.165, 1.54) is 4.90 Å². The van der Waals surface area contributed by atoms with Crippen molar-refractivity contribution in [3.05, 3.63) is 95.8 Å². The van der Waals surface area contributed by atoms with Crippen LogP contribution >= 0.6 is 0 Å². The number of halogens is 2. The van der Waals surface area contributed by atoms with E-state index in [1.807, 2.05) is 6.07 Å². The number of aromatic nitrogens is 2. The van der Waals surface area contributed by atoms with E-state index in [1.54, 1.807) is 48.8 Å². The van der Waals surface area contributed by atoms with Crippen LogP contribution in [0.15, 0.2) is 78.0 Å². The molecule has 5 rings (SSSR count). The molecule has 1 aliphatic rings. The Kier molecular flexibility index (Phi) is 5.31. The zero-order valence-corrected chi connectivity index (χ0v) is 17.2. The van der Waals surface area contributed by atoms with Crippen LogP contribution in [0.3, 0.4) is 0 Å². The molecule has 1 saturated heterocycles. The number of hydrogen-bond donors (Lipinski definition) is 3. The number of urea groups is 1. The normalized spacial score (nSPS) is 18.2. The fourth-order valence-corrected chi connectivity index (χ4v) is 3.89. The van der Waals surface area contributed by atoms with E-state index in [0.29, 0.717) is 16.8 Å². The monoisotopic (exact) mass is 447 g/mol. The average Bonchev–Trinajstić information content (AvgIpc) is 3.40. The van der Waals surface area contributed by atoms with Crippen LogP contribution in [0.2, 0.25) is 0 Å². The number of amides is 2. The standard InChI is InChI=1S/C24H19F2N5O2/c25-16-8-15(9-17(26)10-16)22-23(27-12-21(32)14-4-2-1-3-5-14)31(24(33)30-22)18-6-7-19-20(11-18)29-13-28-19/h1-11,13,21-22,32H,12H2,(H,28,29)(H,30,33)/b27-23+. The van der Waals surface area contributed by atoms with Gasteiger partial charge in [-0.15, -0.1) is 0 Å². The summed E-state index contributed by atoms with van der Waals surface area (Å²) in [5.41, 5.74) is 2.79. The number of aliphatic hydroxyl groups excluding tert-OH is 1. The van der Waals surface area contributed by atoms with Crippen LogP contribution in [-0.4, -0.2) is 33.5 Å². The number of aliphatic hydroxyl groups is 1. The molecule has 1 fully saturated rings. The molecular weight excluding hydrogens is 428 g/mol. The van der Waals surface area contributed by atoms with Crippen LogP contribution < -0.4 is 10.2 Å². The quantitative estimate of drug-likeness (QED) is 0.427. The van der Waals surface area contributed by atoms with Crippen molar-refractivity contribution in [1.82, 2.24) is 15.3 Å². The molecular formula is C24H19F2N5O2. The summed E-state index contributed by atoms with van der Waals surface area (Å²) in [4.78, 5) is 26.1. The average molecular weight is 447 g/mol.